The minimum atomic E-state index is 0. The van der Waals surface area contributed by atoms with E-state index in [4.69, 9.17) is 5.73 Å². The van der Waals surface area contributed by atoms with E-state index in [9.17, 15) is 4.79 Å². The molecule has 2 saturated heterocycles. The molecule has 0 spiro atoms. The molecule has 0 aromatic heterocycles. The predicted octanol–water partition coefficient (Wildman–Crippen LogP) is 1.87. The van der Waals surface area contributed by atoms with Crippen LogP contribution in [0.5, 0.6) is 0 Å². The van der Waals surface area contributed by atoms with Gasteiger partial charge in [-0.2, -0.15) is 0 Å². The number of hydrogen-bond donors (Lipinski definition) is 1. The first-order valence-electron chi connectivity index (χ1n) is 7.85. The molecule has 3 unspecified atom stereocenters. The van der Waals surface area contributed by atoms with Gasteiger partial charge in [0.05, 0.1) is 6.54 Å². The zero-order valence-electron chi connectivity index (χ0n) is 12.9. The highest BCUT2D eigenvalue weighted by Gasteiger charge is 2.28. The topological polar surface area (TPSA) is 49.6 Å². The number of rotatable bonds is 3. The molecule has 118 valence electrons. The van der Waals surface area contributed by atoms with Crippen LogP contribution in [0, 0.1) is 5.92 Å². The highest BCUT2D eigenvalue weighted by molar-refractivity contribution is 5.85. The summed E-state index contributed by atoms with van der Waals surface area (Å²) in [5.74, 6) is 0.873. The third-order valence-electron chi connectivity index (χ3n) is 4.77. The average molecular weight is 304 g/mol. The first kappa shape index (κ1) is 17.7. The van der Waals surface area contributed by atoms with Gasteiger partial charge in [0.1, 0.15) is 0 Å². The number of carbonyl (C=O) groups is 1. The summed E-state index contributed by atoms with van der Waals surface area (Å²) in [6.45, 7) is 7.85. The number of carbonyl (C=O) groups excluding carboxylic acids is 1. The van der Waals surface area contributed by atoms with Crippen LogP contribution in [0.25, 0.3) is 0 Å². The Labute approximate surface area is 129 Å². The molecule has 3 atom stereocenters. The van der Waals surface area contributed by atoms with Crippen molar-refractivity contribution in [2.24, 2.45) is 11.7 Å². The molecule has 2 fully saturated rings. The summed E-state index contributed by atoms with van der Waals surface area (Å²) in [6, 6.07) is 0.669. The maximum Gasteiger partial charge on any atom is 0.236 e. The van der Waals surface area contributed by atoms with Gasteiger partial charge in [-0.05, 0) is 58.4 Å². The number of likely N-dealkylation sites (tertiary alicyclic amines) is 2. The van der Waals surface area contributed by atoms with Crippen molar-refractivity contribution in [3.05, 3.63) is 0 Å². The Morgan fingerprint density at radius 3 is 2.65 bits per heavy atom. The van der Waals surface area contributed by atoms with Gasteiger partial charge in [0.2, 0.25) is 5.91 Å². The Bertz CT molecular complexity index is 311. The molecule has 2 aliphatic heterocycles. The molecule has 4 nitrogen and oxygen atoms in total. The van der Waals surface area contributed by atoms with E-state index >= 15 is 0 Å². The van der Waals surface area contributed by atoms with Crippen molar-refractivity contribution >= 4 is 18.3 Å². The second-order valence-corrected chi connectivity index (χ2v) is 6.43. The molecule has 5 heteroatoms. The fourth-order valence-corrected chi connectivity index (χ4v) is 3.41. The van der Waals surface area contributed by atoms with Crippen molar-refractivity contribution in [1.82, 2.24) is 9.80 Å². The number of amides is 1. The monoisotopic (exact) mass is 303 g/mol. The van der Waals surface area contributed by atoms with Crippen LogP contribution >= 0.6 is 12.4 Å². The summed E-state index contributed by atoms with van der Waals surface area (Å²) in [6.07, 6.45) is 5.98. The summed E-state index contributed by atoms with van der Waals surface area (Å²) in [7, 11) is 0. The van der Waals surface area contributed by atoms with Gasteiger partial charge in [-0.1, -0.05) is 0 Å². The maximum atomic E-state index is 12.4. The van der Waals surface area contributed by atoms with Crippen LogP contribution in [0.15, 0.2) is 0 Å². The van der Waals surface area contributed by atoms with E-state index in [1.54, 1.807) is 0 Å². The van der Waals surface area contributed by atoms with E-state index < -0.39 is 0 Å². The summed E-state index contributed by atoms with van der Waals surface area (Å²) in [5, 5.41) is 0. The normalized spacial score (nSPS) is 29.6. The Hall–Kier alpha value is -0.320. The molecule has 20 heavy (non-hydrogen) atoms. The molecular weight excluding hydrogens is 274 g/mol. The lowest BCUT2D eigenvalue weighted by Gasteiger charge is -2.38. The number of nitrogens with two attached hydrogens (primary N) is 1. The van der Waals surface area contributed by atoms with Crippen molar-refractivity contribution in [1.29, 1.82) is 0 Å². The lowest BCUT2D eigenvalue weighted by Crippen LogP contribution is -2.50. The molecule has 0 aliphatic carbocycles. The van der Waals surface area contributed by atoms with Crippen LogP contribution in [0.1, 0.15) is 46.0 Å². The molecular formula is C15H30ClN3O. The molecule has 2 N–H and O–H groups in total. The molecule has 0 saturated carbocycles. The zero-order chi connectivity index (χ0) is 13.8. The summed E-state index contributed by atoms with van der Waals surface area (Å²) < 4.78 is 0. The lowest BCUT2D eigenvalue weighted by atomic mass is 9.92. The lowest BCUT2D eigenvalue weighted by molar-refractivity contribution is -0.136. The van der Waals surface area contributed by atoms with Crippen molar-refractivity contribution in [3.8, 4) is 0 Å². The van der Waals surface area contributed by atoms with E-state index in [0.29, 0.717) is 24.4 Å². The maximum absolute atomic E-state index is 12.4. The Morgan fingerprint density at radius 2 is 2.00 bits per heavy atom. The van der Waals surface area contributed by atoms with Gasteiger partial charge in [0.25, 0.3) is 0 Å². The van der Waals surface area contributed by atoms with Crippen LogP contribution in [-0.2, 0) is 4.79 Å². The standard InChI is InChI=1S/C15H29N3O.ClH/c1-12-6-3-4-9-18(12)15(19)11-17-8-5-7-14(10-17)13(2)16;/h12-14H,3-11,16H2,1-2H3;1H. The summed E-state index contributed by atoms with van der Waals surface area (Å²) in [4.78, 5) is 16.8. The van der Waals surface area contributed by atoms with Gasteiger partial charge in [-0.25, -0.2) is 0 Å². The third-order valence-corrected chi connectivity index (χ3v) is 4.77. The Morgan fingerprint density at radius 1 is 1.25 bits per heavy atom. The summed E-state index contributed by atoms with van der Waals surface area (Å²) >= 11 is 0. The number of piperidine rings is 2. The van der Waals surface area contributed by atoms with Crippen molar-refractivity contribution in [3.63, 3.8) is 0 Å². The molecule has 0 aromatic carbocycles. The molecule has 2 aliphatic rings. The third kappa shape index (κ3) is 4.61. The zero-order valence-corrected chi connectivity index (χ0v) is 13.7. The smallest absolute Gasteiger partial charge is 0.236 e. The number of halogens is 1. The second-order valence-electron chi connectivity index (χ2n) is 6.43. The van der Waals surface area contributed by atoms with Crippen LogP contribution in [0.3, 0.4) is 0 Å². The van der Waals surface area contributed by atoms with Crippen LogP contribution < -0.4 is 5.73 Å². The van der Waals surface area contributed by atoms with Gasteiger partial charge >= 0.3 is 0 Å². The second kappa shape index (κ2) is 8.20. The largest absolute Gasteiger partial charge is 0.339 e. The number of nitrogens with zero attached hydrogens (tertiary/aromatic N) is 2. The van der Waals surface area contributed by atoms with Gasteiger partial charge in [-0.3, -0.25) is 9.69 Å². The Balaban J connectivity index is 0.00000200. The molecule has 0 radical (unpaired) electrons. The fraction of sp³-hybridized carbons (Fsp3) is 0.933. The average Bonchev–Trinajstić information content (AvgIpc) is 2.39. The first-order valence-corrected chi connectivity index (χ1v) is 7.85. The highest BCUT2D eigenvalue weighted by Crippen LogP contribution is 2.20. The van der Waals surface area contributed by atoms with Gasteiger partial charge in [0.15, 0.2) is 0 Å². The molecule has 1 amide bonds. The van der Waals surface area contributed by atoms with Crippen LogP contribution in [0.2, 0.25) is 0 Å². The highest BCUT2D eigenvalue weighted by atomic mass is 35.5. The van der Waals surface area contributed by atoms with E-state index in [1.807, 2.05) is 0 Å². The molecule has 2 rings (SSSR count). The van der Waals surface area contributed by atoms with E-state index in [0.717, 1.165) is 26.1 Å². The van der Waals surface area contributed by atoms with Gasteiger partial charge in [-0.15, -0.1) is 12.4 Å². The molecule has 2 heterocycles. The predicted molar refractivity (Wildman–Crippen MR) is 85.1 cm³/mol. The van der Waals surface area contributed by atoms with E-state index in [2.05, 4.69) is 23.6 Å². The summed E-state index contributed by atoms with van der Waals surface area (Å²) in [5.41, 5.74) is 6.00. The SMILES string of the molecule is CC(N)C1CCCN(CC(=O)N2CCCCC2C)C1.Cl. The molecule has 0 aromatic rings. The van der Waals surface area contributed by atoms with Crippen LogP contribution in [0.4, 0.5) is 0 Å². The quantitative estimate of drug-likeness (QED) is 0.866. The van der Waals surface area contributed by atoms with Crippen molar-refractivity contribution in [2.45, 2.75) is 58.0 Å². The number of hydrogen-bond acceptors (Lipinski definition) is 3. The Kier molecular flexibility index (Phi) is 7.27. The van der Waals surface area contributed by atoms with E-state index in [1.165, 1.54) is 25.7 Å². The van der Waals surface area contributed by atoms with Crippen molar-refractivity contribution < 1.29 is 4.79 Å². The van der Waals surface area contributed by atoms with Crippen LogP contribution in [-0.4, -0.2) is 54.0 Å². The molecule has 0 bridgehead atoms. The minimum Gasteiger partial charge on any atom is -0.339 e. The fourth-order valence-electron chi connectivity index (χ4n) is 3.41. The van der Waals surface area contributed by atoms with Crippen molar-refractivity contribution in [2.75, 3.05) is 26.2 Å². The minimum absolute atomic E-state index is 0. The van der Waals surface area contributed by atoms with Gasteiger partial charge < -0.3 is 10.6 Å². The first-order chi connectivity index (χ1) is 9.08. The van der Waals surface area contributed by atoms with Gasteiger partial charge in [0, 0.05) is 25.2 Å². The van der Waals surface area contributed by atoms with E-state index in [-0.39, 0.29) is 18.4 Å².